The molecule has 1 saturated heterocycles. The van der Waals surface area contributed by atoms with Crippen LogP contribution >= 0.6 is 23.1 Å². The lowest BCUT2D eigenvalue weighted by atomic mass is 10.1. The minimum Gasteiger partial charge on any atom is -0.476 e. The molecular formula is C18H20N4O4S2. The average Bonchev–Trinajstić information content (AvgIpc) is 3.28. The van der Waals surface area contributed by atoms with E-state index < -0.39 is 11.9 Å². The Hall–Kier alpha value is -2.59. The number of hydrogen-bond donors (Lipinski definition) is 3. The number of carboxylic acid groups (broad SMARTS) is 1. The Morgan fingerprint density at radius 1 is 1.43 bits per heavy atom. The van der Waals surface area contributed by atoms with Gasteiger partial charge in [0.2, 0.25) is 11.8 Å². The van der Waals surface area contributed by atoms with E-state index in [0.717, 1.165) is 12.1 Å². The molecule has 0 unspecified atom stereocenters. The number of carbonyl (C=O) groups excluding carboxylic acids is 2. The summed E-state index contributed by atoms with van der Waals surface area (Å²) in [5.41, 5.74) is 6.57. The zero-order valence-corrected chi connectivity index (χ0v) is 16.6. The molecule has 28 heavy (non-hydrogen) atoms. The Kier molecular flexibility index (Phi) is 6.53. The highest BCUT2D eigenvalue weighted by molar-refractivity contribution is 8.01. The van der Waals surface area contributed by atoms with Gasteiger partial charge in [0.15, 0.2) is 10.0 Å². The van der Waals surface area contributed by atoms with Crippen LogP contribution in [0.3, 0.4) is 0 Å². The summed E-state index contributed by atoms with van der Waals surface area (Å²) in [7, 11) is 0. The van der Waals surface area contributed by atoms with Crippen LogP contribution < -0.4 is 11.1 Å². The molecule has 1 aromatic heterocycles. The van der Waals surface area contributed by atoms with Crippen LogP contribution in [0.5, 0.6) is 0 Å². The van der Waals surface area contributed by atoms with Gasteiger partial charge in [-0.05, 0) is 24.6 Å². The highest BCUT2D eigenvalue weighted by atomic mass is 32.2. The fourth-order valence-corrected chi connectivity index (χ4v) is 4.79. The predicted octanol–water partition coefficient (Wildman–Crippen LogP) is 2.14. The second-order valence-corrected chi connectivity index (χ2v) is 8.46. The van der Waals surface area contributed by atoms with Gasteiger partial charge in [0.05, 0.1) is 0 Å². The Balaban J connectivity index is 1.52. The predicted molar refractivity (Wildman–Crippen MR) is 108 cm³/mol. The number of amides is 2. The van der Waals surface area contributed by atoms with Crippen LogP contribution in [0, 0.1) is 0 Å². The number of aromatic carboxylic acids is 1. The number of carboxylic acids is 1. The molecule has 1 aliphatic heterocycles. The van der Waals surface area contributed by atoms with Crippen LogP contribution in [0.15, 0.2) is 34.0 Å². The third-order valence-electron chi connectivity index (χ3n) is 4.40. The standard InChI is InChI=1S/C18H20N4O4S2/c19-16(24)11-2-1-3-12(8-11)20-9-13-4-5-15(23)22(13)6-7-27-18-21-14(10-28-18)17(25)26/h1-3,8,10,13,20H,4-7,9H2,(H2,19,24)(H,25,26)/t13-/m1/s1. The van der Waals surface area contributed by atoms with Gasteiger partial charge in [0.1, 0.15) is 0 Å². The van der Waals surface area contributed by atoms with Gasteiger partial charge >= 0.3 is 5.97 Å². The lowest BCUT2D eigenvalue weighted by Gasteiger charge is -2.25. The largest absolute Gasteiger partial charge is 0.476 e. The maximum atomic E-state index is 12.2. The molecule has 2 aromatic rings. The summed E-state index contributed by atoms with van der Waals surface area (Å²) in [6, 6.07) is 7.03. The SMILES string of the molecule is NC(=O)c1cccc(NC[C@H]2CCC(=O)N2CCSc2nc(C(=O)O)cs2)c1. The summed E-state index contributed by atoms with van der Waals surface area (Å²) in [5.74, 6) is -0.758. The molecule has 0 radical (unpaired) electrons. The van der Waals surface area contributed by atoms with E-state index >= 15 is 0 Å². The highest BCUT2D eigenvalue weighted by Crippen LogP contribution is 2.25. The monoisotopic (exact) mass is 420 g/mol. The van der Waals surface area contributed by atoms with Gasteiger partial charge in [-0.1, -0.05) is 17.8 Å². The highest BCUT2D eigenvalue weighted by Gasteiger charge is 2.30. The molecule has 2 amide bonds. The number of hydrogen-bond acceptors (Lipinski definition) is 7. The topological polar surface area (TPSA) is 126 Å². The van der Waals surface area contributed by atoms with Crippen molar-refractivity contribution in [3.05, 3.63) is 40.9 Å². The van der Waals surface area contributed by atoms with E-state index in [1.165, 1.54) is 28.5 Å². The second-order valence-electron chi connectivity index (χ2n) is 6.26. The Morgan fingerprint density at radius 3 is 2.96 bits per heavy atom. The Labute approximate surface area is 170 Å². The number of likely N-dealkylation sites (tertiary alicyclic amines) is 1. The van der Waals surface area contributed by atoms with E-state index in [-0.39, 0.29) is 17.6 Å². The molecule has 1 aromatic carbocycles. The molecule has 0 spiro atoms. The van der Waals surface area contributed by atoms with E-state index in [1.807, 2.05) is 11.0 Å². The Morgan fingerprint density at radius 2 is 2.25 bits per heavy atom. The second kappa shape index (κ2) is 9.07. The molecule has 4 N–H and O–H groups in total. The molecule has 2 heterocycles. The molecule has 8 nitrogen and oxygen atoms in total. The van der Waals surface area contributed by atoms with Crippen molar-refractivity contribution in [2.45, 2.75) is 23.2 Å². The molecule has 1 aliphatic rings. The summed E-state index contributed by atoms with van der Waals surface area (Å²) in [4.78, 5) is 40.3. The first-order valence-electron chi connectivity index (χ1n) is 8.69. The number of aromatic nitrogens is 1. The van der Waals surface area contributed by atoms with E-state index in [2.05, 4.69) is 10.3 Å². The molecular weight excluding hydrogens is 400 g/mol. The van der Waals surface area contributed by atoms with Crippen molar-refractivity contribution in [2.75, 3.05) is 24.2 Å². The number of rotatable bonds is 9. The summed E-state index contributed by atoms with van der Waals surface area (Å²) >= 11 is 2.74. The first-order valence-corrected chi connectivity index (χ1v) is 10.6. The number of benzene rings is 1. The summed E-state index contributed by atoms with van der Waals surface area (Å²) in [6.45, 7) is 1.15. The number of nitrogens with one attached hydrogen (secondary N) is 1. The first kappa shape index (κ1) is 20.2. The average molecular weight is 421 g/mol. The van der Waals surface area contributed by atoms with Crippen molar-refractivity contribution < 1.29 is 19.5 Å². The smallest absolute Gasteiger partial charge is 0.355 e. The van der Waals surface area contributed by atoms with Crippen molar-refractivity contribution >= 4 is 46.6 Å². The van der Waals surface area contributed by atoms with E-state index in [1.54, 1.807) is 18.2 Å². The van der Waals surface area contributed by atoms with Gasteiger partial charge in [-0.2, -0.15) is 0 Å². The van der Waals surface area contributed by atoms with Gasteiger partial charge in [0, 0.05) is 47.9 Å². The van der Waals surface area contributed by atoms with E-state index in [9.17, 15) is 14.4 Å². The lowest BCUT2D eigenvalue weighted by molar-refractivity contribution is -0.128. The number of thiazole rings is 1. The molecule has 3 rings (SSSR count). The zero-order chi connectivity index (χ0) is 20.1. The van der Waals surface area contributed by atoms with Crippen LogP contribution in [-0.4, -0.2) is 57.7 Å². The van der Waals surface area contributed by atoms with Crippen molar-refractivity contribution in [1.29, 1.82) is 0 Å². The van der Waals surface area contributed by atoms with Crippen LogP contribution in [-0.2, 0) is 4.79 Å². The van der Waals surface area contributed by atoms with Crippen molar-refractivity contribution in [1.82, 2.24) is 9.88 Å². The van der Waals surface area contributed by atoms with Gasteiger partial charge in [-0.15, -0.1) is 11.3 Å². The van der Waals surface area contributed by atoms with Gasteiger partial charge < -0.3 is 21.1 Å². The fraction of sp³-hybridized carbons (Fsp3) is 0.333. The third kappa shape index (κ3) is 5.02. The maximum absolute atomic E-state index is 12.2. The van der Waals surface area contributed by atoms with Gasteiger partial charge in [-0.25, -0.2) is 9.78 Å². The zero-order valence-electron chi connectivity index (χ0n) is 15.0. The van der Waals surface area contributed by atoms with Crippen LogP contribution in [0.25, 0.3) is 0 Å². The molecule has 10 heteroatoms. The van der Waals surface area contributed by atoms with Crippen LogP contribution in [0.4, 0.5) is 5.69 Å². The number of anilines is 1. The van der Waals surface area contributed by atoms with Crippen molar-refractivity contribution in [2.24, 2.45) is 5.73 Å². The van der Waals surface area contributed by atoms with Gasteiger partial charge in [-0.3, -0.25) is 9.59 Å². The summed E-state index contributed by atoms with van der Waals surface area (Å²) < 4.78 is 0.682. The van der Waals surface area contributed by atoms with Crippen molar-refractivity contribution in [3.8, 4) is 0 Å². The minimum absolute atomic E-state index is 0.0463. The minimum atomic E-state index is -1.04. The third-order valence-corrected chi connectivity index (χ3v) is 6.40. The first-order chi connectivity index (χ1) is 13.4. The van der Waals surface area contributed by atoms with Crippen LogP contribution in [0.2, 0.25) is 0 Å². The number of nitrogens with two attached hydrogens (primary N) is 1. The molecule has 148 valence electrons. The number of thioether (sulfide) groups is 1. The Bertz CT molecular complexity index is 886. The molecule has 1 atom stereocenters. The van der Waals surface area contributed by atoms with Crippen LogP contribution in [0.1, 0.15) is 33.7 Å². The van der Waals surface area contributed by atoms with E-state index in [0.29, 0.717) is 35.2 Å². The number of carbonyl (C=O) groups is 3. The molecule has 0 bridgehead atoms. The summed E-state index contributed by atoms with van der Waals surface area (Å²) in [5, 5.41) is 13.7. The molecule has 0 aliphatic carbocycles. The van der Waals surface area contributed by atoms with Crippen molar-refractivity contribution in [3.63, 3.8) is 0 Å². The quantitative estimate of drug-likeness (QED) is 0.531. The summed E-state index contributed by atoms with van der Waals surface area (Å²) in [6.07, 6.45) is 1.28. The van der Waals surface area contributed by atoms with E-state index in [4.69, 9.17) is 10.8 Å². The molecule has 1 fully saturated rings. The maximum Gasteiger partial charge on any atom is 0.355 e. The van der Waals surface area contributed by atoms with Gasteiger partial charge in [0.25, 0.3) is 0 Å². The number of nitrogens with zero attached hydrogens (tertiary/aromatic N) is 2. The fourth-order valence-electron chi connectivity index (χ4n) is 2.98. The lowest BCUT2D eigenvalue weighted by Crippen LogP contribution is -2.39. The molecule has 0 saturated carbocycles. The normalized spacial score (nSPS) is 16.4. The number of primary amides is 1.